The van der Waals surface area contributed by atoms with Crippen molar-refractivity contribution in [3.8, 4) is 5.75 Å². The van der Waals surface area contributed by atoms with Crippen molar-refractivity contribution in [3.63, 3.8) is 0 Å². The van der Waals surface area contributed by atoms with E-state index in [9.17, 15) is 4.79 Å². The molecule has 4 nitrogen and oxygen atoms in total. The monoisotopic (exact) mass is 277 g/mol. The number of esters is 1. The van der Waals surface area contributed by atoms with Crippen LogP contribution >= 0.6 is 0 Å². The molecule has 0 bridgehead atoms. The molecule has 0 atom stereocenters. The Hall–Kier alpha value is -1.55. The lowest BCUT2D eigenvalue weighted by molar-refractivity contribution is -0.147. The van der Waals surface area contributed by atoms with Crippen LogP contribution in [0.5, 0.6) is 5.75 Å². The molecule has 0 amide bonds. The van der Waals surface area contributed by atoms with Crippen LogP contribution in [0.4, 0.5) is 0 Å². The Morgan fingerprint density at radius 1 is 1.20 bits per heavy atom. The van der Waals surface area contributed by atoms with Gasteiger partial charge in [-0.1, -0.05) is 12.1 Å². The molecule has 1 fully saturated rings. The Kier molecular flexibility index (Phi) is 4.33. The second-order valence-corrected chi connectivity index (χ2v) is 5.90. The molecule has 4 heteroatoms. The Labute approximate surface area is 120 Å². The highest BCUT2D eigenvalue weighted by Crippen LogP contribution is 2.38. The summed E-state index contributed by atoms with van der Waals surface area (Å²) in [6.45, 7) is 3.72. The van der Waals surface area contributed by atoms with E-state index in [0.717, 1.165) is 18.6 Å². The van der Waals surface area contributed by atoms with Crippen molar-refractivity contribution in [1.29, 1.82) is 0 Å². The predicted octanol–water partition coefficient (Wildman–Crippen LogP) is 2.48. The van der Waals surface area contributed by atoms with Gasteiger partial charge in [-0.05, 0) is 50.3 Å². The lowest BCUT2D eigenvalue weighted by Crippen LogP contribution is -2.55. The predicted molar refractivity (Wildman–Crippen MR) is 78.0 cm³/mol. The summed E-state index contributed by atoms with van der Waals surface area (Å²) in [6, 6.07) is 8.59. The zero-order chi connectivity index (χ0) is 14.8. The molecule has 1 saturated carbocycles. The summed E-state index contributed by atoms with van der Waals surface area (Å²) in [6.07, 6.45) is 2.10. The van der Waals surface area contributed by atoms with E-state index >= 15 is 0 Å². The fourth-order valence-corrected chi connectivity index (χ4v) is 2.71. The van der Waals surface area contributed by atoms with Crippen LogP contribution in [0.15, 0.2) is 24.3 Å². The maximum atomic E-state index is 11.6. The number of carbonyl (C=O) groups excluding carboxylic acids is 1. The van der Waals surface area contributed by atoms with E-state index in [1.807, 2.05) is 26.0 Å². The first-order chi connectivity index (χ1) is 9.46. The molecule has 0 aromatic heterocycles. The van der Waals surface area contributed by atoms with Crippen molar-refractivity contribution in [2.75, 3.05) is 14.2 Å². The molecule has 0 radical (unpaired) electrons. The average Bonchev–Trinajstić information content (AvgIpc) is 2.41. The molecular formula is C16H23NO3. The summed E-state index contributed by atoms with van der Waals surface area (Å²) >= 11 is 0. The summed E-state index contributed by atoms with van der Waals surface area (Å²) in [7, 11) is 3.10. The van der Waals surface area contributed by atoms with Gasteiger partial charge in [0.15, 0.2) is 0 Å². The van der Waals surface area contributed by atoms with E-state index in [2.05, 4.69) is 17.4 Å². The zero-order valence-corrected chi connectivity index (χ0v) is 12.6. The first-order valence-corrected chi connectivity index (χ1v) is 6.96. The van der Waals surface area contributed by atoms with Crippen molar-refractivity contribution < 1.29 is 14.3 Å². The smallest absolute Gasteiger partial charge is 0.325 e. The van der Waals surface area contributed by atoms with Crippen LogP contribution in [0.3, 0.4) is 0 Å². The van der Waals surface area contributed by atoms with Crippen LogP contribution in [-0.2, 0) is 9.53 Å². The molecule has 20 heavy (non-hydrogen) atoms. The molecule has 1 N–H and O–H groups in total. The van der Waals surface area contributed by atoms with Crippen LogP contribution in [0.25, 0.3) is 0 Å². The number of ether oxygens (including phenoxy) is 2. The maximum absolute atomic E-state index is 11.6. The number of hydrogen-bond donors (Lipinski definition) is 1. The minimum Gasteiger partial charge on any atom is -0.497 e. The molecule has 110 valence electrons. The SMILES string of the molecule is COC(=O)C(C)(C)NC1CC(c2ccc(OC)cc2)C1. The topological polar surface area (TPSA) is 47.6 Å². The van der Waals surface area contributed by atoms with Crippen LogP contribution < -0.4 is 10.1 Å². The molecule has 1 aliphatic rings. The van der Waals surface area contributed by atoms with Crippen LogP contribution in [0, 0.1) is 0 Å². The molecule has 0 aliphatic heterocycles. The second kappa shape index (κ2) is 5.83. The number of nitrogens with one attached hydrogen (secondary N) is 1. The summed E-state index contributed by atoms with van der Waals surface area (Å²) in [4.78, 5) is 11.6. The van der Waals surface area contributed by atoms with E-state index in [1.54, 1.807) is 7.11 Å². The van der Waals surface area contributed by atoms with E-state index in [-0.39, 0.29) is 5.97 Å². The van der Waals surface area contributed by atoms with E-state index < -0.39 is 5.54 Å². The normalized spacial score (nSPS) is 22.0. The minimum atomic E-state index is -0.621. The zero-order valence-electron chi connectivity index (χ0n) is 12.6. The van der Waals surface area contributed by atoms with Gasteiger partial charge in [-0.2, -0.15) is 0 Å². The van der Waals surface area contributed by atoms with Crippen molar-refractivity contribution >= 4 is 5.97 Å². The third-order valence-electron chi connectivity index (χ3n) is 3.99. The van der Waals surface area contributed by atoms with Crippen molar-refractivity contribution in [2.24, 2.45) is 0 Å². The van der Waals surface area contributed by atoms with Gasteiger partial charge in [0.1, 0.15) is 11.3 Å². The molecule has 1 aliphatic carbocycles. The van der Waals surface area contributed by atoms with Crippen molar-refractivity contribution in [3.05, 3.63) is 29.8 Å². The van der Waals surface area contributed by atoms with Gasteiger partial charge < -0.3 is 9.47 Å². The average molecular weight is 277 g/mol. The van der Waals surface area contributed by atoms with Crippen LogP contribution in [0.2, 0.25) is 0 Å². The number of hydrogen-bond acceptors (Lipinski definition) is 4. The third kappa shape index (κ3) is 3.12. The number of methoxy groups -OCH3 is 2. The van der Waals surface area contributed by atoms with E-state index in [0.29, 0.717) is 12.0 Å². The van der Waals surface area contributed by atoms with Gasteiger partial charge >= 0.3 is 5.97 Å². The molecule has 0 unspecified atom stereocenters. The first-order valence-electron chi connectivity index (χ1n) is 6.96. The maximum Gasteiger partial charge on any atom is 0.325 e. The molecule has 0 spiro atoms. The largest absolute Gasteiger partial charge is 0.497 e. The van der Waals surface area contributed by atoms with Gasteiger partial charge in [-0.3, -0.25) is 10.1 Å². The van der Waals surface area contributed by atoms with Crippen LogP contribution in [-0.4, -0.2) is 31.8 Å². The van der Waals surface area contributed by atoms with E-state index in [4.69, 9.17) is 9.47 Å². The highest BCUT2D eigenvalue weighted by Gasteiger charge is 2.37. The van der Waals surface area contributed by atoms with Gasteiger partial charge in [-0.25, -0.2) is 0 Å². The molecule has 0 saturated heterocycles. The summed E-state index contributed by atoms with van der Waals surface area (Å²) in [5, 5.41) is 3.37. The van der Waals surface area contributed by atoms with Gasteiger partial charge in [-0.15, -0.1) is 0 Å². The summed E-state index contributed by atoms with van der Waals surface area (Å²) in [5.74, 6) is 1.23. The molecule has 2 rings (SSSR count). The minimum absolute atomic E-state index is 0.217. The molecule has 1 aromatic rings. The second-order valence-electron chi connectivity index (χ2n) is 5.90. The summed E-state index contributed by atoms with van der Waals surface area (Å²) < 4.78 is 9.97. The van der Waals surface area contributed by atoms with Crippen molar-refractivity contribution in [1.82, 2.24) is 5.32 Å². The third-order valence-corrected chi connectivity index (χ3v) is 3.99. The highest BCUT2D eigenvalue weighted by atomic mass is 16.5. The van der Waals surface area contributed by atoms with Gasteiger partial charge in [0.25, 0.3) is 0 Å². The molecule has 0 heterocycles. The molecule has 1 aromatic carbocycles. The first kappa shape index (κ1) is 14.9. The number of rotatable bonds is 5. The Morgan fingerprint density at radius 2 is 1.80 bits per heavy atom. The fourth-order valence-electron chi connectivity index (χ4n) is 2.71. The van der Waals surface area contributed by atoms with Gasteiger partial charge in [0, 0.05) is 6.04 Å². The lowest BCUT2D eigenvalue weighted by Gasteiger charge is -2.40. The fraction of sp³-hybridized carbons (Fsp3) is 0.562. The van der Waals surface area contributed by atoms with E-state index in [1.165, 1.54) is 12.7 Å². The quantitative estimate of drug-likeness (QED) is 0.840. The lowest BCUT2D eigenvalue weighted by atomic mass is 9.75. The highest BCUT2D eigenvalue weighted by molar-refractivity contribution is 5.79. The molecular weight excluding hydrogens is 254 g/mol. The van der Waals surface area contributed by atoms with Gasteiger partial charge in [0.2, 0.25) is 0 Å². The Balaban J connectivity index is 1.86. The van der Waals surface area contributed by atoms with Gasteiger partial charge in [0.05, 0.1) is 14.2 Å². The number of carbonyl (C=O) groups is 1. The standard InChI is InChI=1S/C16H23NO3/c1-16(2,15(18)20-4)17-13-9-12(10-13)11-5-7-14(19-3)8-6-11/h5-8,12-13,17H,9-10H2,1-4H3. The Morgan fingerprint density at radius 3 is 2.30 bits per heavy atom. The van der Waals surface area contributed by atoms with Crippen LogP contribution in [0.1, 0.15) is 38.2 Å². The summed E-state index contributed by atoms with van der Waals surface area (Å²) in [5.41, 5.74) is 0.712. The van der Waals surface area contributed by atoms with Crippen molar-refractivity contribution in [2.45, 2.75) is 44.2 Å². The Bertz CT molecular complexity index is 461. The number of benzene rings is 1.